The number of fused-ring (bicyclic) bond motifs is 1. The Bertz CT molecular complexity index is 709. The van der Waals surface area contributed by atoms with Gasteiger partial charge in [0, 0.05) is 17.5 Å². The SMILES string of the molecule is NCc1c(Cl)c(Cl)cc2cc(C(=O)O)c(=O)[nH]c12. The van der Waals surface area contributed by atoms with Crippen LogP contribution in [0.4, 0.5) is 0 Å². The lowest BCUT2D eigenvalue weighted by molar-refractivity contribution is 0.0695. The lowest BCUT2D eigenvalue weighted by atomic mass is 10.1. The van der Waals surface area contributed by atoms with Gasteiger partial charge in [-0.15, -0.1) is 0 Å². The number of halogens is 2. The summed E-state index contributed by atoms with van der Waals surface area (Å²) < 4.78 is 0. The number of pyridine rings is 1. The lowest BCUT2D eigenvalue weighted by Crippen LogP contribution is -2.18. The summed E-state index contributed by atoms with van der Waals surface area (Å²) in [4.78, 5) is 24.9. The van der Waals surface area contributed by atoms with Crippen LogP contribution in [0.15, 0.2) is 16.9 Å². The van der Waals surface area contributed by atoms with Gasteiger partial charge in [-0.2, -0.15) is 0 Å². The number of carbonyl (C=O) groups is 1. The number of nitrogens with two attached hydrogens (primary N) is 1. The highest BCUT2D eigenvalue weighted by molar-refractivity contribution is 6.43. The number of carboxylic acid groups (broad SMARTS) is 1. The second-order valence-electron chi connectivity index (χ2n) is 3.64. The number of rotatable bonds is 2. The van der Waals surface area contributed by atoms with Gasteiger partial charge in [0.1, 0.15) is 5.56 Å². The van der Waals surface area contributed by atoms with Crippen LogP contribution in [0.3, 0.4) is 0 Å². The van der Waals surface area contributed by atoms with E-state index in [-0.39, 0.29) is 22.2 Å². The van der Waals surface area contributed by atoms with Gasteiger partial charge in [0.25, 0.3) is 5.56 Å². The van der Waals surface area contributed by atoms with Crippen molar-refractivity contribution in [2.45, 2.75) is 6.54 Å². The molecule has 5 nitrogen and oxygen atoms in total. The summed E-state index contributed by atoms with van der Waals surface area (Å²) in [5.74, 6) is -1.31. The van der Waals surface area contributed by atoms with Crippen LogP contribution in [0, 0.1) is 0 Å². The van der Waals surface area contributed by atoms with E-state index in [9.17, 15) is 9.59 Å². The third-order valence-electron chi connectivity index (χ3n) is 2.56. The summed E-state index contributed by atoms with van der Waals surface area (Å²) >= 11 is 11.9. The number of carboxylic acids is 1. The van der Waals surface area contributed by atoms with E-state index in [2.05, 4.69) is 4.98 Å². The van der Waals surface area contributed by atoms with E-state index in [1.54, 1.807) is 0 Å². The number of nitrogens with one attached hydrogen (secondary N) is 1. The highest BCUT2D eigenvalue weighted by Gasteiger charge is 2.15. The van der Waals surface area contributed by atoms with Crippen LogP contribution in [0.25, 0.3) is 10.9 Å². The first-order valence-corrected chi connectivity index (χ1v) is 5.68. The van der Waals surface area contributed by atoms with E-state index in [4.69, 9.17) is 34.0 Å². The summed E-state index contributed by atoms with van der Waals surface area (Å²) in [6, 6.07) is 2.73. The number of hydrogen-bond donors (Lipinski definition) is 3. The van der Waals surface area contributed by atoms with Gasteiger partial charge < -0.3 is 15.8 Å². The van der Waals surface area contributed by atoms with E-state index >= 15 is 0 Å². The molecule has 1 heterocycles. The molecule has 0 unspecified atom stereocenters. The molecule has 0 aliphatic carbocycles. The van der Waals surface area contributed by atoms with E-state index in [0.717, 1.165) is 0 Å². The van der Waals surface area contributed by atoms with Crippen molar-refractivity contribution in [1.82, 2.24) is 4.98 Å². The molecule has 94 valence electrons. The van der Waals surface area contributed by atoms with Crippen LogP contribution >= 0.6 is 23.2 Å². The normalized spacial score (nSPS) is 10.8. The standard InChI is InChI=1S/C11H8Cl2N2O3/c12-7-2-4-1-5(11(17)18)10(16)15-9(4)6(3-14)8(7)13/h1-2H,3,14H2,(H,15,16)(H,17,18). The first-order chi connectivity index (χ1) is 8.45. The molecule has 0 aliphatic rings. The second-order valence-corrected chi connectivity index (χ2v) is 4.42. The van der Waals surface area contributed by atoms with Crippen LogP contribution in [0.1, 0.15) is 15.9 Å². The molecule has 18 heavy (non-hydrogen) atoms. The first-order valence-electron chi connectivity index (χ1n) is 4.93. The molecule has 0 fully saturated rings. The van der Waals surface area contributed by atoms with Crippen molar-refractivity contribution in [2.75, 3.05) is 0 Å². The lowest BCUT2D eigenvalue weighted by Gasteiger charge is -2.09. The van der Waals surface area contributed by atoms with Crippen LogP contribution in [0.5, 0.6) is 0 Å². The summed E-state index contributed by atoms with van der Waals surface area (Å²) in [6.45, 7) is 0.0816. The maximum Gasteiger partial charge on any atom is 0.341 e. The topological polar surface area (TPSA) is 96.2 Å². The summed E-state index contributed by atoms with van der Waals surface area (Å²) in [6.07, 6.45) is 0. The maximum absolute atomic E-state index is 11.6. The van der Waals surface area contributed by atoms with Gasteiger partial charge >= 0.3 is 5.97 Å². The van der Waals surface area contributed by atoms with Crippen molar-refractivity contribution in [3.8, 4) is 0 Å². The molecule has 0 aliphatic heterocycles. The average Bonchev–Trinajstić information content (AvgIpc) is 2.31. The summed E-state index contributed by atoms with van der Waals surface area (Å²) in [7, 11) is 0. The number of aromatic nitrogens is 1. The Balaban J connectivity index is 2.93. The molecule has 1 aromatic carbocycles. The van der Waals surface area contributed by atoms with Gasteiger partial charge in [-0.3, -0.25) is 4.79 Å². The first kappa shape index (κ1) is 12.9. The molecule has 0 saturated heterocycles. The molecular weight excluding hydrogens is 279 g/mol. The number of benzene rings is 1. The Kier molecular flexibility index (Phi) is 3.30. The van der Waals surface area contributed by atoms with Crippen LogP contribution in [0.2, 0.25) is 10.0 Å². The van der Waals surface area contributed by atoms with Crippen LogP contribution in [-0.4, -0.2) is 16.1 Å². The van der Waals surface area contributed by atoms with Crippen molar-refractivity contribution in [3.05, 3.63) is 43.7 Å². The van der Waals surface area contributed by atoms with E-state index in [1.165, 1.54) is 12.1 Å². The van der Waals surface area contributed by atoms with Crippen LogP contribution < -0.4 is 11.3 Å². The average molecular weight is 287 g/mol. The fourth-order valence-corrected chi connectivity index (χ4v) is 2.17. The molecular formula is C11H8Cl2N2O3. The number of aromatic carboxylic acids is 1. The molecule has 4 N–H and O–H groups in total. The second kappa shape index (κ2) is 4.61. The molecule has 0 amide bonds. The minimum absolute atomic E-state index is 0.0816. The highest BCUT2D eigenvalue weighted by Crippen LogP contribution is 2.31. The summed E-state index contributed by atoms with van der Waals surface area (Å²) in [5, 5.41) is 9.86. The van der Waals surface area contributed by atoms with Gasteiger partial charge in [-0.1, -0.05) is 23.2 Å². The van der Waals surface area contributed by atoms with Gasteiger partial charge in [0.05, 0.1) is 15.6 Å². The van der Waals surface area contributed by atoms with E-state index in [1.807, 2.05) is 0 Å². The van der Waals surface area contributed by atoms with Gasteiger partial charge in [0.15, 0.2) is 0 Å². The number of aromatic amines is 1. The zero-order valence-electron chi connectivity index (χ0n) is 8.96. The predicted molar refractivity (Wildman–Crippen MR) is 69.4 cm³/mol. The molecule has 7 heteroatoms. The van der Waals surface area contributed by atoms with Crippen molar-refractivity contribution in [1.29, 1.82) is 0 Å². The van der Waals surface area contributed by atoms with E-state index < -0.39 is 11.5 Å². The zero-order chi connectivity index (χ0) is 13.4. The Hall–Kier alpha value is -1.56. The maximum atomic E-state index is 11.6. The molecule has 0 radical (unpaired) electrons. The number of hydrogen-bond acceptors (Lipinski definition) is 3. The van der Waals surface area contributed by atoms with E-state index in [0.29, 0.717) is 16.5 Å². The smallest absolute Gasteiger partial charge is 0.341 e. The molecule has 0 atom stereocenters. The monoisotopic (exact) mass is 286 g/mol. The largest absolute Gasteiger partial charge is 0.477 e. The van der Waals surface area contributed by atoms with Crippen molar-refractivity contribution < 1.29 is 9.90 Å². The molecule has 1 aromatic heterocycles. The fraction of sp³-hybridized carbons (Fsp3) is 0.0909. The van der Waals surface area contributed by atoms with Gasteiger partial charge in [-0.25, -0.2) is 4.79 Å². The Labute approximate surface area is 111 Å². The van der Waals surface area contributed by atoms with Crippen molar-refractivity contribution >= 4 is 40.1 Å². The van der Waals surface area contributed by atoms with Crippen LogP contribution in [-0.2, 0) is 6.54 Å². The Morgan fingerprint density at radius 1 is 1.39 bits per heavy atom. The highest BCUT2D eigenvalue weighted by atomic mass is 35.5. The molecule has 0 saturated carbocycles. The predicted octanol–water partition coefficient (Wildman–Crippen LogP) is 1.99. The number of H-pyrrole nitrogens is 1. The summed E-state index contributed by atoms with van der Waals surface area (Å²) in [5.41, 5.74) is 5.37. The zero-order valence-corrected chi connectivity index (χ0v) is 10.5. The molecule has 2 aromatic rings. The van der Waals surface area contributed by atoms with Crippen molar-refractivity contribution in [3.63, 3.8) is 0 Å². The third-order valence-corrected chi connectivity index (χ3v) is 3.39. The molecule has 0 bridgehead atoms. The minimum atomic E-state index is -1.31. The van der Waals surface area contributed by atoms with Gasteiger partial charge in [0.2, 0.25) is 0 Å². The Morgan fingerprint density at radius 2 is 2.06 bits per heavy atom. The third kappa shape index (κ3) is 1.96. The fourth-order valence-electron chi connectivity index (χ4n) is 1.71. The van der Waals surface area contributed by atoms with Crippen molar-refractivity contribution in [2.24, 2.45) is 5.73 Å². The quantitative estimate of drug-likeness (QED) is 0.787. The molecule has 0 spiro atoms. The molecule has 2 rings (SSSR count). The van der Waals surface area contributed by atoms with Gasteiger partial charge in [-0.05, 0) is 12.1 Å². The minimum Gasteiger partial charge on any atom is -0.477 e. The Morgan fingerprint density at radius 3 is 2.61 bits per heavy atom.